The summed E-state index contributed by atoms with van der Waals surface area (Å²) < 4.78 is 0.777. The first-order valence-electron chi connectivity index (χ1n) is 3.93. The quantitative estimate of drug-likeness (QED) is 0.718. The molecule has 0 aromatic carbocycles. The van der Waals surface area contributed by atoms with Gasteiger partial charge in [0.05, 0.1) is 0 Å². The molecule has 0 nitrogen and oxygen atoms in total. The summed E-state index contributed by atoms with van der Waals surface area (Å²) in [4.78, 5) is 0. The molecule has 0 fully saturated rings. The molecule has 0 amide bonds. The molecule has 0 heterocycles. The standard InChI is InChI=1S/C9H13.ClH.Zr/c1-2-3-6-9-7-4-5-8-9;;/h4-5,7-8H,2-3,6H2,1H3;1H;. The third kappa shape index (κ3) is 4.28. The molecule has 11 heavy (non-hydrogen) atoms. The molecular formula is C9H14ClZr. The van der Waals surface area contributed by atoms with E-state index in [1.54, 1.807) is 30.3 Å². The van der Waals surface area contributed by atoms with Crippen LogP contribution in [-0.4, -0.2) is 0 Å². The van der Waals surface area contributed by atoms with Crippen molar-refractivity contribution in [2.75, 3.05) is 0 Å². The van der Waals surface area contributed by atoms with Crippen molar-refractivity contribution in [2.45, 2.75) is 29.8 Å². The normalized spacial score (nSPS) is 21.1. The number of halogens is 1. The van der Waals surface area contributed by atoms with E-state index in [9.17, 15) is 0 Å². The second kappa shape index (κ2) is 6.20. The average Bonchev–Trinajstić information content (AvgIpc) is 2.31. The van der Waals surface area contributed by atoms with E-state index in [4.69, 9.17) is 0 Å². The van der Waals surface area contributed by atoms with Gasteiger partial charge in [-0.05, 0) is 0 Å². The van der Waals surface area contributed by atoms with Crippen LogP contribution < -0.4 is 0 Å². The summed E-state index contributed by atoms with van der Waals surface area (Å²) in [7, 11) is 0. The van der Waals surface area contributed by atoms with Gasteiger partial charge in [0.2, 0.25) is 0 Å². The smallest absolute Gasteiger partial charge is 0.147 e. The van der Waals surface area contributed by atoms with E-state index in [-0.39, 0.29) is 12.4 Å². The van der Waals surface area contributed by atoms with Crippen molar-refractivity contribution in [3.05, 3.63) is 23.8 Å². The molecule has 0 N–H and O–H groups in total. The molecule has 1 aliphatic carbocycles. The third-order valence-corrected chi connectivity index (χ3v) is 2.61. The number of hydrogen-bond donors (Lipinski definition) is 0. The van der Waals surface area contributed by atoms with Gasteiger partial charge >= 0.3 is 78.3 Å². The molecule has 0 spiro atoms. The maximum Gasteiger partial charge on any atom is -0.147 e. The number of allylic oxidation sites excluding steroid dienone is 4. The van der Waals surface area contributed by atoms with E-state index in [1.807, 2.05) is 0 Å². The average molecular weight is 249 g/mol. The van der Waals surface area contributed by atoms with Crippen LogP contribution in [0, 0.1) is 0 Å². The molecule has 1 aliphatic rings. The minimum atomic E-state index is 0. The Bertz CT molecular complexity index is 161. The van der Waals surface area contributed by atoms with E-state index in [2.05, 4.69) is 25.2 Å². The summed E-state index contributed by atoms with van der Waals surface area (Å²) in [6, 6.07) is 0. The third-order valence-electron chi connectivity index (χ3n) is 1.73. The minimum absolute atomic E-state index is 0. The van der Waals surface area contributed by atoms with Gasteiger partial charge in [-0.2, -0.15) is 0 Å². The number of hydrogen-bond acceptors (Lipinski definition) is 0. The molecular weight excluding hydrogens is 235 g/mol. The molecule has 1 rings (SSSR count). The first-order valence-corrected chi connectivity index (χ1v) is 5.35. The summed E-state index contributed by atoms with van der Waals surface area (Å²) in [5, 5.41) is 0. The van der Waals surface area contributed by atoms with Gasteiger partial charge in [-0.15, -0.1) is 12.4 Å². The summed E-state index contributed by atoms with van der Waals surface area (Å²) in [6.07, 6.45) is 10.9. The Morgan fingerprint density at radius 3 is 2.73 bits per heavy atom. The Morgan fingerprint density at radius 2 is 2.27 bits per heavy atom. The van der Waals surface area contributed by atoms with Crippen LogP contribution in [0.1, 0.15) is 26.2 Å². The molecule has 0 aromatic rings. The van der Waals surface area contributed by atoms with Crippen molar-refractivity contribution in [3.63, 3.8) is 0 Å². The fraction of sp³-hybridized carbons (Fsp3) is 0.556. The van der Waals surface area contributed by atoms with Crippen LogP contribution in [0.5, 0.6) is 0 Å². The molecule has 1 unspecified atom stereocenters. The van der Waals surface area contributed by atoms with Gasteiger partial charge < -0.3 is 0 Å². The fourth-order valence-electron chi connectivity index (χ4n) is 1.12. The molecule has 2 heteroatoms. The van der Waals surface area contributed by atoms with Gasteiger partial charge in [-0.3, -0.25) is 0 Å². The van der Waals surface area contributed by atoms with Crippen molar-refractivity contribution in [1.29, 1.82) is 0 Å². The van der Waals surface area contributed by atoms with Gasteiger partial charge in [0.1, 0.15) is 0 Å². The SMILES string of the molecule is CCCCC1=C[CH]([Zr])C=C1.Cl. The molecule has 0 bridgehead atoms. The maximum atomic E-state index is 2.40. The molecule has 0 saturated carbocycles. The number of rotatable bonds is 3. The molecule has 0 saturated heterocycles. The van der Waals surface area contributed by atoms with Gasteiger partial charge in [0, 0.05) is 0 Å². The Balaban J connectivity index is 0.000001000. The Labute approximate surface area is 90.4 Å². The Hall–Kier alpha value is 0.653. The first kappa shape index (κ1) is 11.7. The predicted molar refractivity (Wildman–Crippen MR) is 47.7 cm³/mol. The topological polar surface area (TPSA) is 0 Å². The van der Waals surface area contributed by atoms with Crippen LogP contribution >= 0.6 is 12.4 Å². The zero-order valence-corrected chi connectivity index (χ0v) is 10.1. The number of unbranched alkanes of at least 4 members (excludes halogenated alkanes) is 1. The summed E-state index contributed by atoms with van der Waals surface area (Å²) in [5.41, 5.74) is 1.56. The summed E-state index contributed by atoms with van der Waals surface area (Å²) in [5.74, 6) is 0. The van der Waals surface area contributed by atoms with Crippen molar-refractivity contribution in [1.82, 2.24) is 0 Å². The minimum Gasteiger partial charge on any atom is -0.147 e. The monoisotopic (exact) mass is 247 g/mol. The van der Waals surface area contributed by atoms with Crippen molar-refractivity contribution in [2.24, 2.45) is 0 Å². The van der Waals surface area contributed by atoms with Gasteiger partial charge in [0.25, 0.3) is 0 Å². The summed E-state index contributed by atoms with van der Waals surface area (Å²) in [6.45, 7) is 2.24. The van der Waals surface area contributed by atoms with Crippen molar-refractivity contribution >= 4 is 12.4 Å². The molecule has 0 aromatic heterocycles. The van der Waals surface area contributed by atoms with Crippen LogP contribution in [0.4, 0.5) is 0 Å². The summed E-state index contributed by atoms with van der Waals surface area (Å²) >= 11 is 1.62. The molecule has 0 aliphatic heterocycles. The van der Waals surface area contributed by atoms with Gasteiger partial charge in [-0.25, -0.2) is 0 Å². The van der Waals surface area contributed by atoms with Crippen molar-refractivity contribution in [3.8, 4) is 0 Å². The molecule has 1 atom stereocenters. The van der Waals surface area contributed by atoms with Crippen LogP contribution in [-0.2, 0) is 24.7 Å². The largest absolute Gasteiger partial charge is 0.147 e. The first-order chi connectivity index (χ1) is 4.83. The van der Waals surface area contributed by atoms with E-state index in [0.29, 0.717) is 0 Å². The second-order valence-corrected chi connectivity index (χ2v) is 4.37. The zero-order valence-electron chi connectivity index (χ0n) is 6.84. The fourth-order valence-corrected chi connectivity index (χ4v) is 1.88. The molecule has 61 valence electrons. The van der Waals surface area contributed by atoms with Crippen LogP contribution in [0.2, 0.25) is 3.63 Å². The predicted octanol–water partition coefficient (Wildman–Crippen LogP) is 3.43. The van der Waals surface area contributed by atoms with E-state index < -0.39 is 0 Å². The van der Waals surface area contributed by atoms with Crippen LogP contribution in [0.15, 0.2) is 23.8 Å². The van der Waals surface area contributed by atoms with E-state index >= 15 is 0 Å². The van der Waals surface area contributed by atoms with Crippen LogP contribution in [0.25, 0.3) is 0 Å². The molecule has 0 radical (unpaired) electrons. The van der Waals surface area contributed by atoms with Crippen molar-refractivity contribution < 1.29 is 24.7 Å². The van der Waals surface area contributed by atoms with Crippen LogP contribution in [0.3, 0.4) is 0 Å². The van der Waals surface area contributed by atoms with Gasteiger partial charge in [0.15, 0.2) is 0 Å². The van der Waals surface area contributed by atoms with E-state index in [0.717, 1.165) is 3.63 Å². The Morgan fingerprint density at radius 1 is 1.55 bits per heavy atom. The zero-order chi connectivity index (χ0) is 7.40. The van der Waals surface area contributed by atoms with E-state index in [1.165, 1.54) is 19.3 Å². The maximum absolute atomic E-state index is 2.40. The second-order valence-electron chi connectivity index (χ2n) is 2.73. The Kier molecular flexibility index (Phi) is 6.57. The van der Waals surface area contributed by atoms with Gasteiger partial charge in [-0.1, -0.05) is 0 Å².